The molecule has 1 saturated carbocycles. The van der Waals surface area contributed by atoms with E-state index in [2.05, 4.69) is 4.98 Å². The molecule has 146 valence electrons. The molecule has 0 atom stereocenters. The van der Waals surface area contributed by atoms with Gasteiger partial charge in [0.2, 0.25) is 5.91 Å². The van der Waals surface area contributed by atoms with E-state index < -0.39 is 23.4 Å². The smallest absolute Gasteiger partial charge is 0.254 e. The molecule has 2 aliphatic rings. The fraction of sp³-hybridized carbons (Fsp3) is 0.316. The molecular formula is C19H16Cl2FN3O3. The lowest BCUT2D eigenvalue weighted by atomic mass is 9.70. The maximum Gasteiger partial charge on any atom is 0.254 e. The fourth-order valence-corrected chi connectivity index (χ4v) is 4.07. The third-order valence-electron chi connectivity index (χ3n) is 5.20. The minimum atomic E-state index is -1.22. The van der Waals surface area contributed by atoms with Gasteiger partial charge in [0, 0.05) is 30.6 Å². The summed E-state index contributed by atoms with van der Waals surface area (Å²) in [5, 5.41) is 10.6. The first kappa shape index (κ1) is 19.1. The molecule has 0 radical (unpaired) electrons. The number of benzene rings is 1. The van der Waals surface area contributed by atoms with Gasteiger partial charge in [0.15, 0.2) is 11.6 Å². The first-order chi connectivity index (χ1) is 13.3. The highest BCUT2D eigenvalue weighted by Crippen LogP contribution is 2.44. The zero-order valence-corrected chi connectivity index (χ0v) is 16.1. The minimum absolute atomic E-state index is 0.0928. The van der Waals surface area contributed by atoms with Gasteiger partial charge in [0.1, 0.15) is 12.1 Å². The van der Waals surface area contributed by atoms with Gasteiger partial charge in [-0.3, -0.25) is 14.5 Å². The number of carbonyl (C=O) groups is 2. The number of halogens is 3. The summed E-state index contributed by atoms with van der Waals surface area (Å²) in [4.78, 5) is 32.6. The van der Waals surface area contributed by atoms with Crippen molar-refractivity contribution in [2.75, 3.05) is 11.4 Å². The van der Waals surface area contributed by atoms with E-state index in [1.54, 1.807) is 24.3 Å². The van der Waals surface area contributed by atoms with E-state index in [0.29, 0.717) is 5.02 Å². The average Bonchev–Trinajstić information content (AvgIpc) is 2.62. The molecule has 1 spiro atoms. The molecule has 1 aliphatic heterocycles. The number of hydrogen-bond acceptors (Lipinski definition) is 4. The largest absolute Gasteiger partial charge is 0.393 e. The van der Waals surface area contributed by atoms with Gasteiger partial charge in [-0.2, -0.15) is 0 Å². The van der Waals surface area contributed by atoms with Gasteiger partial charge in [-0.25, -0.2) is 9.37 Å². The van der Waals surface area contributed by atoms with Crippen molar-refractivity contribution in [1.29, 1.82) is 0 Å². The lowest BCUT2D eigenvalue weighted by Crippen LogP contribution is -2.73. The number of rotatable bonds is 3. The number of carbonyl (C=O) groups excluding carboxylic acids is 2. The molecule has 2 aromatic rings. The van der Waals surface area contributed by atoms with Crippen LogP contribution in [0.5, 0.6) is 0 Å². The number of anilines is 1. The van der Waals surface area contributed by atoms with Crippen molar-refractivity contribution in [2.45, 2.75) is 31.0 Å². The predicted molar refractivity (Wildman–Crippen MR) is 102 cm³/mol. The summed E-state index contributed by atoms with van der Waals surface area (Å²) in [5.74, 6) is -1.83. The van der Waals surface area contributed by atoms with Crippen LogP contribution in [0.25, 0.3) is 0 Å². The summed E-state index contributed by atoms with van der Waals surface area (Å²) in [6, 6.07) is 8.00. The number of hydrogen-bond donors (Lipinski definition) is 1. The minimum Gasteiger partial charge on any atom is -0.393 e. The molecule has 1 aliphatic carbocycles. The van der Waals surface area contributed by atoms with Gasteiger partial charge in [0.25, 0.3) is 5.91 Å². The van der Waals surface area contributed by atoms with E-state index in [4.69, 9.17) is 23.2 Å². The van der Waals surface area contributed by atoms with Crippen LogP contribution in [0.2, 0.25) is 10.0 Å². The van der Waals surface area contributed by atoms with Crippen molar-refractivity contribution in [3.63, 3.8) is 0 Å². The molecule has 2 heterocycles. The van der Waals surface area contributed by atoms with Gasteiger partial charge >= 0.3 is 0 Å². The molecule has 2 fully saturated rings. The molecule has 2 amide bonds. The van der Waals surface area contributed by atoms with Crippen LogP contribution in [0.4, 0.5) is 10.2 Å². The quantitative estimate of drug-likeness (QED) is 0.823. The van der Waals surface area contributed by atoms with E-state index >= 15 is 0 Å². The van der Waals surface area contributed by atoms with Crippen LogP contribution in [-0.2, 0) is 16.1 Å². The average molecular weight is 424 g/mol. The van der Waals surface area contributed by atoms with Crippen molar-refractivity contribution in [3.05, 3.63) is 58.0 Å². The summed E-state index contributed by atoms with van der Waals surface area (Å²) in [6.07, 6.45) is 0.709. The number of pyridine rings is 1. The lowest BCUT2D eigenvalue weighted by molar-refractivity contribution is -0.167. The van der Waals surface area contributed by atoms with Crippen LogP contribution < -0.4 is 4.90 Å². The molecule has 1 aromatic heterocycles. The summed E-state index contributed by atoms with van der Waals surface area (Å²) in [5.41, 5.74) is -0.419. The van der Waals surface area contributed by atoms with Crippen LogP contribution >= 0.6 is 23.2 Å². The van der Waals surface area contributed by atoms with Crippen molar-refractivity contribution >= 4 is 40.8 Å². The zero-order valence-electron chi connectivity index (χ0n) is 14.6. The van der Waals surface area contributed by atoms with E-state index in [1.165, 1.54) is 11.1 Å². The number of piperazine rings is 1. The second kappa shape index (κ2) is 6.99. The van der Waals surface area contributed by atoms with Crippen LogP contribution in [0.3, 0.4) is 0 Å². The number of aliphatic hydroxyl groups is 1. The van der Waals surface area contributed by atoms with Crippen molar-refractivity contribution in [1.82, 2.24) is 9.88 Å². The third-order valence-corrected chi connectivity index (χ3v) is 5.66. The third kappa shape index (κ3) is 3.13. The standard InChI is InChI=1S/C19H16Cl2FN3O3/c20-12-3-1-11(2-4-12)9-25-16(27)10-24(17-15(22)5-13(21)8-23-17)18(28)19(25)6-14(26)7-19/h1-5,8,14,26H,6-7,9-10H2/t14-,19-. The molecule has 1 N–H and O–H groups in total. The summed E-state index contributed by atoms with van der Waals surface area (Å²) < 4.78 is 14.3. The second-order valence-corrected chi connectivity index (χ2v) is 7.92. The monoisotopic (exact) mass is 423 g/mol. The highest BCUT2D eigenvalue weighted by molar-refractivity contribution is 6.30. The molecule has 1 saturated heterocycles. The Bertz CT molecular complexity index is 948. The molecule has 28 heavy (non-hydrogen) atoms. The highest BCUT2D eigenvalue weighted by atomic mass is 35.5. The highest BCUT2D eigenvalue weighted by Gasteiger charge is 2.60. The maximum absolute atomic E-state index is 14.3. The number of nitrogens with zero attached hydrogens (tertiary/aromatic N) is 3. The van der Waals surface area contributed by atoms with Gasteiger partial charge in [0.05, 0.1) is 11.1 Å². The Kier molecular flexibility index (Phi) is 4.77. The molecule has 1 aromatic carbocycles. The Morgan fingerprint density at radius 1 is 1.18 bits per heavy atom. The Hall–Kier alpha value is -2.22. The SMILES string of the molecule is O=C1CN(c2ncc(Cl)cc2F)C(=O)[C@]2(C[C@@H](O)C2)N1Cc1ccc(Cl)cc1. The molecule has 4 rings (SSSR count). The van der Waals surface area contributed by atoms with Gasteiger partial charge in [-0.05, 0) is 23.8 Å². The second-order valence-electron chi connectivity index (χ2n) is 7.05. The van der Waals surface area contributed by atoms with Crippen LogP contribution in [0.1, 0.15) is 18.4 Å². The van der Waals surface area contributed by atoms with Crippen LogP contribution in [-0.4, -0.2) is 45.0 Å². The molecule has 0 unspecified atom stereocenters. The topological polar surface area (TPSA) is 73.7 Å². The molecule has 6 nitrogen and oxygen atoms in total. The van der Waals surface area contributed by atoms with Crippen molar-refractivity contribution < 1.29 is 19.1 Å². The van der Waals surface area contributed by atoms with E-state index in [-0.39, 0.29) is 42.7 Å². The lowest BCUT2D eigenvalue weighted by Gasteiger charge is -2.55. The number of amides is 2. The number of aliphatic hydroxyl groups excluding tert-OH is 1. The summed E-state index contributed by atoms with van der Waals surface area (Å²) >= 11 is 11.6. The predicted octanol–water partition coefficient (Wildman–Crippen LogP) is 2.80. The molecule has 0 bridgehead atoms. The van der Waals surface area contributed by atoms with Gasteiger partial charge in [-0.1, -0.05) is 35.3 Å². The Morgan fingerprint density at radius 2 is 1.86 bits per heavy atom. The van der Waals surface area contributed by atoms with E-state index in [9.17, 15) is 19.1 Å². The Balaban J connectivity index is 1.68. The maximum atomic E-state index is 14.3. The fourth-order valence-electron chi connectivity index (χ4n) is 3.80. The first-order valence-corrected chi connectivity index (χ1v) is 9.42. The number of aromatic nitrogens is 1. The van der Waals surface area contributed by atoms with E-state index in [1.807, 2.05) is 0 Å². The zero-order chi connectivity index (χ0) is 20.1. The molecular weight excluding hydrogens is 408 g/mol. The van der Waals surface area contributed by atoms with Crippen molar-refractivity contribution in [3.8, 4) is 0 Å². The molecule has 9 heteroatoms. The van der Waals surface area contributed by atoms with Gasteiger partial charge < -0.3 is 10.0 Å². The van der Waals surface area contributed by atoms with Crippen LogP contribution in [0.15, 0.2) is 36.5 Å². The van der Waals surface area contributed by atoms with Gasteiger partial charge in [-0.15, -0.1) is 0 Å². The van der Waals surface area contributed by atoms with E-state index in [0.717, 1.165) is 16.5 Å². The van der Waals surface area contributed by atoms with Crippen molar-refractivity contribution in [2.24, 2.45) is 0 Å². The summed E-state index contributed by atoms with van der Waals surface area (Å²) in [7, 11) is 0. The Morgan fingerprint density at radius 3 is 2.46 bits per heavy atom. The normalized spacial score (nSPS) is 24.6. The first-order valence-electron chi connectivity index (χ1n) is 8.66. The summed E-state index contributed by atoms with van der Waals surface area (Å²) in [6.45, 7) is -0.144. The van der Waals surface area contributed by atoms with Crippen LogP contribution in [0, 0.1) is 5.82 Å². The Labute approximate surface area is 170 Å².